The summed E-state index contributed by atoms with van der Waals surface area (Å²) >= 11 is 1.78. The molecule has 0 unspecified atom stereocenters. The van der Waals surface area contributed by atoms with Gasteiger partial charge in [-0.05, 0) is 30.0 Å². The second-order valence-corrected chi connectivity index (χ2v) is 4.85. The normalized spacial score (nSPS) is 10.5. The Morgan fingerprint density at radius 2 is 2.24 bits per heavy atom. The van der Waals surface area contributed by atoms with Crippen molar-refractivity contribution in [1.82, 2.24) is 4.98 Å². The minimum Gasteiger partial charge on any atom is -0.352 e. The Bertz CT molecular complexity index is 436. The number of aromatic nitrogens is 1. The van der Waals surface area contributed by atoms with Crippen LogP contribution < -0.4 is 10.6 Å². The first-order chi connectivity index (χ1) is 8.33. The summed E-state index contributed by atoms with van der Waals surface area (Å²) in [5, 5.41) is 2.11. The van der Waals surface area contributed by atoms with Gasteiger partial charge in [-0.15, -0.1) is 11.3 Å². The molecule has 0 bridgehead atoms. The molecule has 4 heteroatoms. The molecule has 2 rings (SSSR count). The number of anilines is 1. The maximum Gasteiger partial charge on any atom is 0.128 e. The molecule has 0 radical (unpaired) electrons. The van der Waals surface area contributed by atoms with Crippen LogP contribution in [-0.4, -0.2) is 11.5 Å². The molecular formula is C13H17N3S. The van der Waals surface area contributed by atoms with E-state index in [1.165, 1.54) is 4.88 Å². The number of pyridine rings is 1. The van der Waals surface area contributed by atoms with Gasteiger partial charge < -0.3 is 10.6 Å². The number of nitrogens with two attached hydrogens (primary N) is 1. The summed E-state index contributed by atoms with van der Waals surface area (Å²) in [5.41, 5.74) is 6.64. The molecule has 0 amide bonds. The van der Waals surface area contributed by atoms with Gasteiger partial charge in [-0.2, -0.15) is 0 Å². The zero-order valence-electron chi connectivity index (χ0n) is 9.97. The average molecular weight is 247 g/mol. The largest absolute Gasteiger partial charge is 0.352 e. The van der Waals surface area contributed by atoms with Crippen LogP contribution in [0.15, 0.2) is 35.8 Å². The van der Waals surface area contributed by atoms with Gasteiger partial charge in [0.25, 0.3) is 0 Å². The van der Waals surface area contributed by atoms with Crippen molar-refractivity contribution in [3.63, 3.8) is 0 Å². The molecule has 0 atom stereocenters. The molecular weight excluding hydrogens is 230 g/mol. The zero-order chi connectivity index (χ0) is 12.1. The van der Waals surface area contributed by atoms with E-state index in [4.69, 9.17) is 5.73 Å². The zero-order valence-corrected chi connectivity index (χ0v) is 10.8. The van der Waals surface area contributed by atoms with Crippen LogP contribution in [0.5, 0.6) is 0 Å². The SMILES string of the molecule is CCN(Cc1cccs1)c1ccc(CN)cn1. The molecule has 0 fully saturated rings. The number of hydrogen-bond acceptors (Lipinski definition) is 4. The lowest BCUT2D eigenvalue weighted by atomic mass is 10.3. The number of rotatable bonds is 5. The van der Waals surface area contributed by atoms with Crippen molar-refractivity contribution in [3.8, 4) is 0 Å². The highest BCUT2D eigenvalue weighted by atomic mass is 32.1. The first-order valence-electron chi connectivity index (χ1n) is 5.75. The molecule has 0 aliphatic rings. The van der Waals surface area contributed by atoms with Gasteiger partial charge in [0.1, 0.15) is 5.82 Å². The van der Waals surface area contributed by atoms with Gasteiger partial charge in [-0.3, -0.25) is 0 Å². The van der Waals surface area contributed by atoms with Crippen LogP contribution in [0.25, 0.3) is 0 Å². The van der Waals surface area contributed by atoms with Crippen LogP contribution in [0.1, 0.15) is 17.4 Å². The van der Waals surface area contributed by atoms with Crippen LogP contribution in [0.3, 0.4) is 0 Å². The molecule has 2 N–H and O–H groups in total. The molecule has 0 saturated heterocycles. The van der Waals surface area contributed by atoms with Crippen molar-refractivity contribution < 1.29 is 0 Å². The maximum absolute atomic E-state index is 5.57. The summed E-state index contributed by atoms with van der Waals surface area (Å²) in [5.74, 6) is 1.01. The summed E-state index contributed by atoms with van der Waals surface area (Å²) in [4.78, 5) is 8.07. The summed E-state index contributed by atoms with van der Waals surface area (Å²) in [6.45, 7) is 4.56. The molecule has 0 aliphatic carbocycles. The first kappa shape index (κ1) is 12.1. The minimum atomic E-state index is 0.546. The van der Waals surface area contributed by atoms with E-state index in [1.807, 2.05) is 18.3 Å². The van der Waals surface area contributed by atoms with Crippen LogP contribution >= 0.6 is 11.3 Å². The standard InChI is InChI=1S/C13H17N3S/c1-2-16(10-12-4-3-7-17-12)13-6-5-11(8-14)9-15-13/h3-7,9H,2,8,10,14H2,1H3. The second kappa shape index (κ2) is 5.80. The topological polar surface area (TPSA) is 42.1 Å². The third-order valence-corrected chi connectivity index (χ3v) is 3.54. The lowest BCUT2D eigenvalue weighted by Crippen LogP contribution is -2.22. The summed E-state index contributed by atoms with van der Waals surface area (Å²) in [6.07, 6.45) is 1.85. The fourth-order valence-corrected chi connectivity index (χ4v) is 2.39. The molecule has 90 valence electrons. The van der Waals surface area contributed by atoms with Gasteiger partial charge in [-0.25, -0.2) is 4.98 Å². The molecule has 17 heavy (non-hydrogen) atoms. The molecule has 2 aromatic heterocycles. The lowest BCUT2D eigenvalue weighted by Gasteiger charge is -2.21. The van der Waals surface area contributed by atoms with Gasteiger partial charge in [0.2, 0.25) is 0 Å². The Morgan fingerprint density at radius 1 is 1.35 bits per heavy atom. The van der Waals surface area contributed by atoms with Crippen molar-refractivity contribution in [2.45, 2.75) is 20.0 Å². The van der Waals surface area contributed by atoms with E-state index in [0.717, 1.165) is 24.5 Å². The van der Waals surface area contributed by atoms with Gasteiger partial charge in [0.15, 0.2) is 0 Å². The number of nitrogens with zero attached hydrogens (tertiary/aromatic N) is 2. The maximum atomic E-state index is 5.57. The molecule has 0 spiro atoms. The quantitative estimate of drug-likeness (QED) is 0.883. The highest BCUT2D eigenvalue weighted by Gasteiger charge is 2.06. The molecule has 0 aliphatic heterocycles. The number of thiophene rings is 1. The molecule has 3 nitrogen and oxygen atoms in total. The fourth-order valence-electron chi connectivity index (χ4n) is 1.67. The van der Waals surface area contributed by atoms with E-state index in [2.05, 4.69) is 34.3 Å². The lowest BCUT2D eigenvalue weighted by molar-refractivity contribution is 0.821. The highest BCUT2D eigenvalue weighted by Crippen LogP contribution is 2.17. The monoisotopic (exact) mass is 247 g/mol. The molecule has 0 saturated carbocycles. The van der Waals surface area contributed by atoms with Gasteiger partial charge >= 0.3 is 0 Å². The smallest absolute Gasteiger partial charge is 0.128 e. The van der Waals surface area contributed by atoms with Crippen LogP contribution in [0.2, 0.25) is 0 Å². The van der Waals surface area contributed by atoms with Crippen LogP contribution in [0, 0.1) is 0 Å². The fraction of sp³-hybridized carbons (Fsp3) is 0.308. The van der Waals surface area contributed by atoms with Crippen LogP contribution in [-0.2, 0) is 13.1 Å². The molecule has 0 aromatic carbocycles. The van der Waals surface area contributed by atoms with E-state index in [-0.39, 0.29) is 0 Å². The van der Waals surface area contributed by atoms with Gasteiger partial charge in [0, 0.05) is 24.2 Å². The van der Waals surface area contributed by atoms with E-state index in [1.54, 1.807) is 11.3 Å². The average Bonchev–Trinajstić information content (AvgIpc) is 2.89. The van der Waals surface area contributed by atoms with Crippen molar-refractivity contribution in [1.29, 1.82) is 0 Å². The predicted molar refractivity (Wildman–Crippen MR) is 73.2 cm³/mol. The highest BCUT2D eigenvalue weighted by molar-refractivity contribution is 7.09. The van der Waals surface area contributed by atoms with Crippen molar-refractivity contribution in [2.24, 2.45) is 5.73 Å². The third-order valence-electron chi connectivity index (χ3n) is 2.68. The first-order valence-corrected chi connectivity index (χ1v) is 6.63. The number of hydrogen-bond donors (Lipinski definition) is 1. The summed E-state index contributed by atoms with van der Waals surface area (Å²) in [7, 11) is 0. The van der Waals surface area contributed by atoms with E-state index < -0.39 is 0 Å². The Balaban J connectivity index is 2.11. The molecule has 2 aromatic rings. The van der Waals surface area contributed by atoms with Crippen LogP contribution in [0.4, 0.5) is 5.82 Å². The predicted octanol–water partition coefficient (Wildman–Crippen LogP) is 2.63. The van der Waals surface area contributed by atoms with E-state index in [9.17, 15) is 0 Å². The van der Waals surface area contributed by atoms with Gasteiger partial charge in [0.05, 0.1) is 6.54 Å². The van der Waals surface area contributed by atoms with Crippen molar-refractivity contribution >= 4 is 17.2 Å². The van der Waals surface area contributed by atoms with E-state index >= 15 is 0 Å². The molecule has 2 heterocycles. The summed E-state index contributed by atoms with van der Waals surface area (Å²) in [6, 6.07) is 8.32. The summed E-state index contributed by atoms with van der Waals surface area (Å²) < 4.78 is 0. The van der Waals surface area contributed by atoms with Gasteiger partial charge in [-0.1, -0.05) is 12.1 Å². The van der Waals surface area contributed by atoms with Crippen molar-refractivity contribution in [3.05, 3.63) is 46.3 Å². The Morgan fingerprint density at radius 3 is 2.76 bits per heavy atom. The Hall–Kier alpha value is -1.39. The Labute approximate surface area is 106 Å². The Kier molecular flexibility index (Phi) is 4.12. The second-order valence-electron chi connectivity index (χ2n) is 3.82. The third kappa shape index (κ3) is 3.05. The van der Waals surface area contributed by atoms with E-state index in [0.29, 0.717) is 6.54 Å². The van der Waals surface area contributed by atoms with Crippen molar-refractivity contribution in [2.75, 3.05) is 11.4 Å². The minimum absolute atomic E-state index is 0.546.